The van der Waals surface area contributed by atoms with Gasteiger partial charge >= 0.3 is 0 Å². The number of amides is 2. The Morgan fingerprint density at radius 3 is 2.34 bits per heavy atom. The number of aliphatic hydroxyl groups excluding tert-OH is 1. The molecular weight excluding hydrogens is 459 g/mol. The van der Waals surface area contributed by atoms with E-state index in [1.807, 2.05) is 0 Å². The molecule has 2 aromatic carbocycles. The second kappa shape index (κ2) is 10.3. The monoisotopic (exact) mass is 483 g/mol. The van der Waals surface area contributed by atoms with E-state index in [0.29, 0.717) is 29.7 Å². The van der Waals surface area contributed by atoms with Gasteiger partial charge in [-0.2, -0.15) is 0 Å². The lowest BCUT2D eigenvalue weighted by atomic mass is 9.92. The largest absolute Gasteiger partial charge is 0.391 e. The molecule has 6 nitrogen and oxygen atoms in total. The summed E-state index contributed by atoms with van der Waals surface area (Å²) >= 11 is 0. The van der Waals surface area contributed by atoms with Crippen LogP contribution in [0.1, 0.15) is 52.0 Å². The van der Waals surface area contributed by atoms with E-state index in [1.165, 1.54) is 18.5 Å². The van der Waals surface area contributed by atoms with Gasteiger partial charge in [-0.05, 0) is 61.2 Å². The van der Waals surface area contributed by atoms with E-state index in [4.69, 9.17) is 0 Å². The van der Waals surface area contributed by atoms with Crippen LogP contribution in [0.2, 0.25) is 0 Å². The molecule has 1 saturated carbocycles. The lowest BCUT2D eigenvalue weighted by Crippen LogP contribution is -2.45. The highest BCUT2D eigenvalue weighted by Gasteiger charge is 2.25. The van der Waals surface area contributed by atoms with Gasteiger partial charge in [0.25, 0.3) is 11.8 Å². The highest BCUT2D eigenvalue weighted by Crippen LogP contribution is 2.25. The first-order valence-electron chi connectivity index (χ1n) is 11.2. The number of carbonyl (C=O) groups is 2. The van der Waals surface area contributed by atoms with Crippen molar-refractivity contribution < 1.29 is 27.9 Å². The summed E-state index contributed by atoms with van der Waals surface area (Å²) in [5.41, 5.74) is 1.80. The number of aliphatic hydroxyl groups is 1. The minimum absolute atomic E-state index is 0.0308. The number of nitrogens with zero attached hydrogens (tertiary/aromatic N) is 1. The molecule has 0 radical (unpaired) electrons. The molecule has 9 heteroatoms. The smallest absolute Gasteiger partial charge is 0.257 e. The summed E-state index contributed by atoms with van der Waals surface area (Å²) < 4.78 is 40.5. The van der Waals surface area contributed by atoms with Crippen LogP contribution in [0, 0.1) is 24.4 Å². The van der Waals surface area contributed by atoms with Crippen molar-refractivity contribution in [3.63, 3.8) is 0 Å². The van der Waals surface area contributed by atoms with Crippen molar-refractivity contribution >= 4 is 17.5 Å². The highest BCUT2D eigenvalue weighted by molar-refractivity contribution is 6.06. The molecular formula is C26H24F3N3O3. The fourth-order valence-electron chi connectivity index (χ4n) is 4.07. The Kier molecular flexibility index (Phi) is 7.16. The highest BCUT2D eigenvalue weighted by atomic mass is 19.2. The summed E-state index contributed by atoms with van der Waals surface area (Å²) in [5.74, 6) is -5.17. The average Bonchev–Trinajstić information content (AvgIpc) is 2.85. The van der Waals surface area contributed by atoms with E-state index in [9.17, 15) is 27.9 Å². The SMILES string of the molecule is Cc1ccc(C(=O)N[C@H]2CCCC[C@@H]2O)cc1NC(=O)c1cncc(-c2cc(F)c(F)c(F)c2)c1. The number of aromatic nitrogens is 1. The van der Waals surface area contributed by atoms with Crippen molar-refractivity contribution in [3.8, 4) is 11.1 Å². The van der Waals surface area contributed by atoms with Gasteiger partial charge in [-0.15, -0.1) is 0 Å². The van der Waals surface area contributed by atoms with Crippen LogP contribution < -0.4 is 10.6 Å². The number of aryl methyl sites for hydroxylation is 1. The third-order valence-electron chi connectivity index (χ3n) is 6.11. The van der Waals surface area contributed by atoms with Crippen molar-refractivity contribution in [1.29, 1.82) is 0 Å². The van der Waals surface area contributed by atoms with Crippen LogP contribution in [0.3, 0.4) is 0 Å². The fourth-order valence-corrected chi connectivity index (χ4v) is 4.07. The van der Waals surface area contributed by atoms with Gasteiger partial charge in [-0.3, -0.25) is 14.6 Å². The van der Waals surface area contributed by atoms with Crippen LogP contribution in [0.15, 0.2) is 48.8 Å². The predicted molar refractivity (Wildman–Crippen MR) is 124 cm³/mol. The Morgan fingerprint density at radius 1 is 0.914 bits per heavy atom. The van der Waals surface area contributed by atoms with Crippen molar-refractivity contribution in [2.24, 2.45) is 0 Å². The van der Waals surface area contributed by atoms with Crippen LogP contribution in [-0.2, 0) is 0 Å². The number of hydrogen-bond acceptors (Lipinski definition) is 4. The molecule has 0 spiro atoms. The second-order valence-electron chi connectivity index (χ2n) is 8.63. The number of benzene rings is 2. The Morgan fingerprint density at radius 2 is 1.63 bits per heavy atom. The standard InChI is InChI=1S/C26H24F3N3O3/c1-14-6-7-15(25(34)31-21-4-2-3-5-23(21)33)11-22(14)32-26(35)18-8-17(12-30-13-18)16-9-19(27)24(29)20(28)10-16/h6-13,21,23,33H,2-5H2,1H3,(H,31,34)(H,32,35)/t21-,23-/m0/s1. The topological polar surface area (TPSA) is 91.3 Å². The first-order chi connectivity index (χ1) is 16.7. The van der Waals surface area contributed by atoms with Gasteiger partial charge in [0.1, 0.15) is 0 Å². The summed E-state index contributed by atoms with van der Waals surface area (Å²) in [6, 6.07) is 7.59. The van der Waals surface area contributed by atoms with Gasteiger partial charge < -0.3 is 15.7 Å². The molecule has 182 valence electrons. The number of hydrogen-bond donors (Lipinski definition) is 3. The van der Waals surface area contributed by atoms with E-state index < -0.39 is 29.5 Å². The fraction of sp³-hybridized carbons (Fsp3) is 0.269. The summed E-state index contributed by atoms with van der Waals surface area (Å²) in [7, 11) is 0. The first-order valence-corrected chi connectivity index (χ1v) is 11.2. The van der Waals surface area contributed by atoms with Crippen LogP contribution in [-0.4, -0.2) is 34.1 Å². The van der Waals surface area contributed by atoms with Crippen LogP contribution in [0.5, 0.6) is 0 Å². The molecule has 2 amide bonds. The van der Waals surface area contributed by atoms with Crippen molar-refractivity contribution in [2.75, 3.05) is 5.32 Å². The molecule has 1 aromatic heterocycles. The van der Waals surface area contributed by atoms with Crippen LogP contribution in [0.25, 0.3) is 11.1 Å². The first kappa shape index (κ1) is 24.4. The van der Waals surface area contributed by atoms with Crippen molar-refractivity contribution in [1.82, 2.24) is 10.3 Å². The maximum Gasteiger partial charge on any atom is 0.257 e. The zero-order valence-corrected chi connectivity index (χ0v) is 18.9. The minimum atomic E-state index is -1.58. The van der Waals surface area contributed by atoms with E-state index in [1.54, 1.807) is 25.1 Å². The zero-order chi connectivity index (χ0) is 25.1. The number of carbonyl (C=O) groups excluding carboxylic acids is 2. The van der Waals surface area contributed by atoms with E-state index in [-0.39, 0.29) is 28.6 Å². The molecule has 0 saturated heterocycles. The average molecular weight is 483 g/mol. The number of anilines is 1. The Labute approximate surface area is 200 Å². The second-order valence-corrected chi connectivity index (χ2v) is 8.63. The number of halogens is 3. The van der Waals surface area contributed by atoms with E-state index in [2.05, 4.69) is 15.6 Å². The minimum Gasteiger partial charge on any atom is -0.391 e. The van der Waals surface area contributed by atoms with Gasteiger partial charge in [-0.25, -0.2) is 13.2 Å². The zero-order valence-electron chi connectivity index (χ0n) is 18.9. The third-order valence-corrected chi connectivity index (χ3v) is 6.11. The lowest BCUT2D eigenvalue weighted by molar-refractivity contribution is 0.0717. The quantitative estimate of drug-likeness (QED) is 0.457. The predicted octanol–water partition coefficient (Wildman–Crippen LogP) is 4.76. The van der Waals surface area contributed by atoms with Gasteiger partial charge in [-0.1, -0.05) is 18.9 Å². The summed E-state index contributed by atoms with van der Waals surface area (Å²) in [6.45, 7) is 1.76. The third kappa shape index (κ3) is 5.51. The Balaban J connectivity index is 1.52. The summed E-state index contributed by atoms with van der Waals surface area (Å²) in [6.07, 6.45) is 5.21. The molecule has 2 atom stereocenters. The molecule has 4 rings (SSSR count). The van der Waals surface area contributed by atoms with Gasteiger partial charge in [0.15, 0.2) is 17.5 Å². The molecule has 0 unspecified atom stereocenters. The molecule has 0 aliphatic heterocycles. The molecule has 1 aliphatic rings. The number of rotatable bonds is 5. The number of pyridine rings is 1. The maximum atomic E-state index is 13.6. The van der Waals surface area contributed by atoms with E-state index >= 15 is 0 Å². The molecule has 0 bridgehead atoms. The normalized spacial score (nSPS) is 17.6. The molecule has 3 aromatic rings. The van der Waals surface area contributed by atoms with Crippen molar-refractivity contribution in [2.45, 2.75) is 44.8 Å². The molecule has 1 aliphatic carbocycles. The Bertz CT molecular complexity index is 1260. The van der Waals surface area contributed by atoms with Crippen LogP contribution >= 0.6 is 0 Å². The van der Waals surface area contributed by atoms with Gasteiger partial charge in [0, 0.05) is 29.2 Å². The molecule has 35 heavy (non-hydrogen) atoms. The Hall–Kier alpha value is -3.72. The maximum absolute atomic E-state index is 13.6. The van der Waals surface area contributed by atoms with E-state index in [0.717, 1.165) is 25.0 Å². The summed E-state index contributed by atoms with van der Waals surface area (Å²) in [4.78, 5) is 29.6. The molecule has 1 fully saturated rings. The van der Waals surface area contributed by atoms with Crippen molar-refractivity contribution in [3.05, 3.63) is 82.9 Å². The van der Waals surface area contributed by atoms with Gasteiger partial charge in [0.2, 0.25) is 0 Å². The van der Waals surface area contributed by atoms with Crippen LogP contribution in [0.4, 0.5) is 18.9 Å². The molecule has 3 N–H and O–H groups in total. The van der Waals surface area contributed by atoms with Gasteiger partial charge in [0.05, 0.1) is 17.7 Å². The molecule has 1 heterocycles. The lowest BCUT2D eigenvalue weighted by Gasteiger charge is -2.28. The number of nitrogens with one attached hydrogen (secondary N) is 2. The summed E-state index contributed by atoms with van der Waals surface area (Å²) in [5, 5.41) is 15.7.